The molecule has 0 amide bonds. The van der Waals surface area contributed by atoms with Crippen molar-refractivity contribution in [1.82, 2.24) is 14.9 Å². The molecular formula is C12H21N5O3. The van der Waals surface area contributed by atoms with Crippen molar-refractivity contribution in [3.8, 4) is 0 Å². The second-order valence-corrected chi connectivity index (χ2v) is 5.32. The first kappa shape index (κ1) is 14.7. The van der Waals surface area contributed by atoms with Gasteiger partial charge in [-0.25, -0.2) is 0 Å². The van der Waals surface area contributed by atoms with Crippen LogP contribution in [0.25, 0.3) is 0 Å². The number of aryl methyl sites for hydroxylation is 1. The second-order valence-electron chi connectivity index (χ2n) is 5.32. The standard InChI is InChI=1S/C12H21N5O3/c1-16-9-15-11(17(18)19)10(16)14-7-12(8-20-2)3-5-13-6-4-12/h9,13-14H,3-8H2,1-2H3. The molecule has 0 unspecified atom stereocenters. The number of aromatic nitrogens is 2. The Morgan fingerprint density at radius 1 is 1.60 bits per heavy atom. The summed E-state index contributed by atoms with van der Waals surface area (Å²) in [5, 5.41) is 17.5. The Hall–Kier alpha value is -1.67. The van der Waals surface area contributed by atoms with Gasteiger partial charge in [-0.05, 0) is 35.8 Å². The van der Waals surface area contributed by atoms with Gasteiger partial charge in [0.2, 0.25) is 12.1 Å². The summed E-state index contributed by atoms with van der Waals surface area (Å²) < 4.78 is 6.98. The van der Waals surface area contributed by atoms with Gasteiger partial charge < -0.3 is 25.5 Å². The molecule has 0 spiro atoms. The van der Waals surface area contributed by atoms with Crippen LogP contribution in [0.3, 0.4) is 0 Å². The van der Waals surface area contributed by atoms with E-state index in [-0.39, 0.29) is 11.2 Å². The van der Waals surface area contributed by atoms with Crippen molar-refractivity contribution in [2.45, 2.75) is 12.8 Å². The van der Waals surface area contributed by atoms with E-state index in [9.17, 15) is 10.1 Å². The molecule has 1 aromatic heterocycles. The zero-order valence-electron chi connectivity index (χ0n) is 11.9. The molecule has 0 saturated carbocycles. The smallest absolute Gasteiger partial charge is 0.384 e. The Morgan fingerprint density at radius 3 is 2.90 bits per heavy atom. The molecule has 1 aliphatic heterocycles. The van der Waals surface area contributed by atoms with Gasteiger partial charge in [-0.2, -0.15) is 0 Å². The first-order valence-electron chi connectivity index (χ1n) is 6.67. The molecule has 1 saturated heterocycles. The lowest BCUT2D eigenvalue weighted by Gasteiger charge is -2.37. The summed E-state index contributed by atoms with van der Waals surface area (Å²) in [7, 11) is 3.43. The second kappa shape index (κ2) is 6.19. The Labute approximate surface area is 117 Å². The summed E-state index contributed by atoms with van der Waals surface area (Å²) in [6.07, 6.45) is 3.42. The Morgan fingerprint density at radius 2 is 2.30 bits per heavy atom. The molecule has 112 valence electrons. The van der Waals surface area contributed by atoms with Gasteiger partial charge in [0.25, 0.3) is 0 Å². The van der Waals surface area contributed by atoms with Crippen LogP contribution >= 0.6 is 0 Å². The average Bonchev–Trinajstić information content (AvgIpc) is 2.79. The van der Waals surface area contributed by atoms with Crippen molar-refractivity contribution < 1.29 is 9.66 Å². The van der Waals surface area contributed by atoms with Crippen molar-refractivity contribution in [3.05, 3.63) is 16.4 Å². The average molecular weight is 283 g/mol. The fourth-order valence-corrected chi connectivity index (χ4v) is 2.66. The van der Waals surface area contributed by atoms with Gasteiger partial charge in [0.05, 0.1) is 6.61 Å². The van der Waals surface area contributed by atoms with E-state index >= 15 is 0 Å². The minimum absolute atomic E-state index is 0.0120. The molecule has 20 heavy (non-hydrogen) atoms. The van der Waals surface area contributed by atoms with E-state index in [1.165, 1.54) is 6.33 Å². The summed E-state index contributed by atoms with van der Waals surface area (Å²) in [5.74, 6) is 0.318. The molecule has 1 fully saturated rings. The number of hydrogen-bond acceptors (Lipinski definition) is 6. The van der Waals surface area contributed by atoms with E-state index in [0.29, 0.717) is 19.0 Å². The number of nitrogens with one attached hydrogen (secondary N) is 2. The minimum atomic E-state index is -0.465. The third kappa shape index (κ3) is 3.07. The Bertz CT molecular complexity index is 462. The number of rotatable bonds is 6. The predicted molar refractivity (Wildman–Crippen MR) is 74.8 cm³/mol. The quantitative estimate of drug-likeness (QED) is 0.591. The highest BCUT2D eigenvalue weighted by Gasteiger charge is 2.33. The molecule has 1 aliphatic rings. The molecule has 8 heteroatoms. The first-order chi connectivity index (χ1) is 9.58. The number of methoxy groups -OCH3 is 1. The van der Waals surface area contributed by atoms with Crippen LogP contribution in [0.2, 0.25) is 0 Å². The highest BCUT2D eigenvalue weighted by molar-refractivity contribution is 5.52. The summed E-state index contributed by atoms with van der Waals surface area (Å²) in [4.78, 5) is 14.3. The van der Waals surface area contributed by atoms with Gasteiger partial charge >= 0.3 is 5.82 Å². The van der Waals surface area contributed by atoms with Crippen LogP contribution in [-0.4, -0.2) is 47.8 Å². The van der Waals surface area contributed by atoms with Crippen LogP contribution in [-0.2, 0) is 11.8 Å². The molecule has 2 heterocycles. The summed E-state index contributed by atoms with van der Waals surface area (Å²) in [6.45, 7) is 3.17. The zero-order chi connectivity index (χ0) is 14.6. The van der Waals surface area contributed by atoms with Gasteiger partial charge in [-0.15, -0.1) is 0 Å². The molecule has 0 radical (unpaired) electrons. The lowest BCUT2D eigenvalue weighted by atomic mass is 9.79. The fourth-order valence-electron chi connectivity index (χ4n) is 2.66. The highest BCUT2D eigenvalue weighted by atomic mass is 16.6. The van der Waals surface area contributed by atoms with Crippen LogP contribution in [0.5, 0.6) is 0 Å². The number of nitrogens with zero attached hydrogens (tertiary/aromatic N) is 3. The monoisotopic (exact) mass is 283 g/mol. The van der Waals surface area contributed by atoms with Crippen molar-refractivity contribution in [3.63, 3.8) is 0 Å². The molecule has 2 rings (SSSR count). The summed E-state index contributed by atoms with van der Waals surface area (Å²) in [6, 6.07) is 0. The van der Waals surface area contributed by atoms with Crippen molar-refractivity contribution in [1.29, 1.82) is 0 Å². The highest BCUT2D eigenvalue weighted by Crippen LogP contribution is 2.31. The molecular weight excluding hydrogens is 262 g/mol. The van der Waals surface area contributed by atoms with Gasteiger partial charge in [-0.1, -0.05) is 0 Å². The van der Waals surface area contributed by atoms with Crippen LogP contribution in [0.1, 0.15) is 12.8 Å². The fraction of sp³-hybridized carbons (Fsp3) is 0.750. The summed E-state index contributed by atoms with van der Waals surface area (Å²) >= 11 is 0. The van der Waals surface area contributed by atoms with Crippen LogP contribution in [0, 0.1) is 15.5 Å². The number of anilines is 1. The lowest BCUT2D eigenvalue weighted by Crippen LogP contribution is -2.44. The van der Waals surface area contributed by atoms with Gasteiger partial charge in [-0.3, -0.25) is 4.57 Å². The largest absolute Gasteiger partial charge is 0.406 e. The lowest BCUT2D eigenvalue weighted by molar-refractivity contribution is -0.388. The molecule has 0 atom stereocenters. The molecule has 0 aliphatic carbocycles. The summed E-state index contributed by atoms with van der Waals surface area (Å²) in [5.41, 5.74) is 0.0120. The molecule has 2 N–H and O–H groups in total. The molecule has 0 bridgehead atoms. The van der Waals surface area contributed by atoms with E-state index in [0.717, 1.165) is 25.9 Å². The van der Waals surface area contributed by atoms with Crippen LogP contribution in [0.15, 0.2) is 6.33 Å². The maximum Gasteiger partial charge on any atom is 0.406 e. The van der Waals surface area contributed by atoms with Crippen molar-refractivity contribution in [2.24, 2.45) is 12.5 Å². The third-order valence-corrected chi connectivity index (χ3v) is 3.84. The van der Waals surface area contributed by atoms with Crippen LogP contribution < -0.4 is 10.6 Å². The molecule has 1 aromatic rings. The van der Waals surface area contributed by atoms with Gasteiger partial charge in [0.1, 0.15) is 0 Å². The van der Waals surface area contributed by atoms with Crippen molar-refractivity contribution in [2.75, 3.05) is 38.7 Å². The SMILES string of the molecule is COCC1(CNc2c([N+](=O)[O-])ncn2C)CCNCC1. The van der Waals surface area contributed by atoms with E-state index in [1.54, 1.807) is 18.7 Å². The van der Waals surface area contributed by atoms with E-state index in [2.05, 4.69) is 15.6 Å². The number of hydrogen-bond donors (Lipinski definition) is 2. The van der Waals surface area contributed by atoms with Crippen molar-refractivity contribution >= 4 is 11.6 Å². The van der Waals surface area contributed by atoms with Crippen LogP contribution in [0.4, 0.5) is 11.6 Å². The number of piperidine rings is 1. The predicted octanol–water partition coefficient (Wildman–Crippen LogP) is 0.756. The van der Waals surface area contributed by atoms with E-state index < -0.39 is 4.92 Å². The maximum atomic E-state index is 10.9. The molecule has 0 aromatic carbocycles. The number of ether oxygens (including phenoxy) is 1. The normalized spacial score (nSPS) is 17.9. The topological polar surface area (TPSA) is 94.2 Å². The first-order valence-corrected chi connectivity index (χ1v) is 6.67. The van der Waals surface area contributed by atoms with E-state index in [1.807, 2.05) is 0 Å². The Kier molecular flexibility index (Phi) is 4.56. The van der Waals surface area contributed by atoms with E-state index in [4.69, 9.17) is 4.74 Å². The van der Waals surface area contributed by atoms with Gasteiger partial charge in [0, 0.05) is 26.1 Å². The molecule has 8 nitrogen and oxygen atoms in total. The third-order valence-electron chi connectivity index (χ3n) is 3.84. The number of nitro groups is 1. The number of imidazole rings is 1. The van der Waals surface area contributed by atoms with Gasteiger partial charge in [0.15, 0.2) is 0 Å². The zero-order valence-corrected chi connectivity index (χ0v) is 11.9. The Balaban J connectivity index is 2.09. The minimum Gasteiger partial charge on any atom is -0.384 e. The maximum absolute atomic E-state index is 10.9.